The summed E-state index contributed by atoms with van der Waals surface area (Å²) in [6.45, 7) is 0.235. The highest BCUT2D eigenvalue weighted by Gasteiger charge is 2.23. The monoisotopic (exact) mass is 454 g/mol. The average molecular weight is 455 g/mol. The Labute approximate surface area is 184 Å². The molecule has 0 saturated carbocycles. The Morgan fingerprint density at radius 1 is 1.00 bits per heavy atom. The molecule has 0 bridgehead atoms. The van der Waals surface area contributed by atoms with Gasteiger partial charge in [0.2, 0.25) is 15.9 Å². The summed E-state index contributed by atoms with van der Waals surface area (Å²) in [5.41, 5.74) is 1.99. The predicted molar refractivity (Wildman–Crippen MR) is 121 cm³/mol. The molecule has 0 spiro atoms. The van der Waals surface area contributed by atoms with Crippen molar-refractivity contribution in [1.82, 2.24) is 9.29 Å². The second-order valence-corrected chi connectivity index (χ2v) is 9.38. The number of nitrogens with one attached hydrogen (secondary N) is 1. The van der Waals surface area contributed by atoms with E-state index in [1.165, 1.54) is 23.5 Å². The number of aromatic hydroxyl groups is 1. The summed E-state index contributed by atoms with van der Waals surface area (Å²) in [5.74, 6) is -0.210. The Balaban J connectivity index is 1.70. The van der Waals surface area contributed by atoms with Gasteiger partial charge >= 0.3 is 0 Å². The van der Waals surface area contributed by atoms with Gasteiger partial charge in [-0.15, -0.1) is 10.2 Å². The molecule has 158 valence electrons. The zero-order chi connectivity index (χ0) is 22.0. The highest BCUT2D eigenvalue weighted by Crippen LogP contribution is 2.38. The summed E-state index contributed by atoms with van der Waals surface area (Å²) in [6.07, 6.45) is 0. The minimum Gasteiger partial charge on any atom is -0.493 e. The zero-order valence-corrected chi connectivity index (χ0v) is 18.1. The minimum absolute atomic E-state index is 0.0895. The molecule has 1 aromatic heterocycles. The van der Waals surface area contributed by atoms with E-state index in [2.05, 4.69) is 15.2 Å². The Kier molecular flexibility index (Phi) is 5.77. The normalized spacial score (nSPS) is 12.2. The highest BCUT2D eigenvalue weighted by atomic mass is 35.5. The van der Waals surface area contributed by atoms with Crippen LogP contribution in [0.15, 0.2) is 87.9 Å². The third kappa shape index (κ3) is 4.32. The van der Waals surface area contributed by atoms with Crippen LogP contribution >= 0.6 is 11.6 Å². The molecule has 0 amide bonds. The maximum absolute atomic E-state index is 13.1. The van der Waals surface area contributed by atoms with Gasteiger partial charge in [-0.05, 0) is 35.9 Å². The van der Waals surface area contributed by atoms with E-state index in [-0.39, 0.29) is 23.0 Å². The van der Waals surface area contributed by atoms with Gasteiger partial charge in [-0.1, -0.05) is 54.1 Å². The Bertz CT molecular complexity index is 1370. The summed E-state index contributed by atoms with van der Waals surface area (Å²) in [7, 11) is -2.24. The van der Waals surface area contributed by atoms with Crippen LogP contribution in [-0.4, -0.2) is 29.9 Å². The van der Waals surface area contributed by atoms with E-state index in [0.29, 0.717) is 21.6 Å². The van der Waals surface area contributed by atoms with Crippen molar-refractivity contribution in [2.45, 2.75) is 11.4 Å². The molecule has 0 radical (unpaired) electrons. The van der Waals surface area contributed by atoms with E-state index in [4.69, 9.17) is 11.6 Å². The number of sulfonamides is 1. The lowest BCUT2D eigenvalue weighted by molar-refractivity contribution is 0.459. The molecule has 0 aliphatic heterocycles. The van der Waals surface area contributed by atoms with Gasteiger partial charge in [-0.25, -0.2) is 8.42 Å². The van der Waals surface area contributed by atoms with E-state index in [9.17, 15) is 13.5 Å². The molecule has 4 rings (SSSR count). The van der Waals surface area contributed by atoms with Crippen molar-refractivity contribution < 1.29 is 13.5 Å². The fourth-order valence-electron chi connectivity index (χ4n) is 3.15. The summed E-state index contributed by atoms with van der Waals surface area (Å²) in [4.78, 5) is 2.88. The van der Waals surface area contributed by atoms with Gasteiger partial charge in [0.15, 0.2) is 5.69 Å². The van der Waals surface area contributed by atoms with Crippen LogP contribution in [0.3, 0.4) is 0 Å². The lowest BCUT2D eigenvalue weighted by Gasteiger charge is -2.17. The standard InChI is InChI=1S/C22H19ClN4O3S/c1-27(14-15-7-3-2-4-8-15)31(29,30)16-11-12-19-17(13-16)21(22(28)24-19)26-25-20-10-6-5-9-18(20)23/h2-13,24,28H,14H2,1H3. The van der Waals surface area contributed by atoms with Gasteiger partial charge in [-0.3, -0.25) is 0 Å². The Morgan fingerprint density at radius 3 is 2.45 bits per heavy atom. The smallest absolute Gasteiger partial charge is 0.243 e. The number of halogens is 1. The minimum atomic E-state index is -3.77. The maximum Gasteiger partial charge on any atom is 0.243 e. The molecule has 0 atom stereocenters. The molecule has 31 heavy (non-hydrogen) atoms. The van der Waals surface area contributed by atoms with E-state index in [1.54, 1.807) is 30.3 Å². The Hall–Kier alpha value is -3.20. The molecule has 2 N–H and O–H groups in total. The van der Waals surface area contributed by atoms with Gasteiger partial charge in [0, 0.05) is 19.0 Å². The lowest BCUT2D eigenvalue weighted by atomic mass is 10.2. The van der Waals surface area contributed by atoms with Crippen molar-refractivity contribution in [2.75, 3.05) is 7.05 Å². The van der Waals surface area contributed by atoms with Crippen LogP contribution in [0.2, 0.25) is 5.02 Å². The van der Waals surface area contributed by atoms with Crippen LogP contribution in [0.4, 0.5) is 11.4 Å². The third-order valence-corrected chi connectivity index (χ3v) is 6.91. The van der Waals surface area contributed by atoms with Crippen LogP contribution < -0.4 is 0 Å². The van der Waals surface area contributed by atoms with Crippen LogP contribution in [0.5, 0.6) is 5.88 Å². The number of nitrogens with zero attached hydrogens (tertiary/aromatic N) is 3. The zero-order valence-electron chi connectivity index (χ0n) is 16.5. The quantitative estimate of drug-likeness (QED) is 0.362. The van der Waals surface area contributed by atoms with E-state index < -0.39 is 10.0 Å². The number of H-pyrrole nitrogens is 1. The largest absolute Gasteiger partial charge is 0.493 e. The SMILES string of the molecule is CN(Cc1ccccc1)S(=O)(=O)c1ccc2[nH]c(O)c(N=Nc3ccccc3Cl)c2c1. The second-order valence-electron chi connectivity index (χ2n) is 6.93. The molecular weight excluding hydrogens is 436 g/mol. The summed E-state index contributed by atoms with van der Waals surface area (Å²) in [6, 6.07) is 20.8. The number of hydrogen-bond donors (Lipinski definition) is 2. The highest BCUT2D eigenvalue weighted by molar-refractivity contribution is 7.89. The number of aromatic amines is 1. The molecule has 0 fully saturated rings. The molecule has 4 aromatic rings. The number of aromatic nitrogens is 1. The number of hydrogen-bond acceptors (Lipinski definition) is 5. The Morgan fingerprint density at radius 2 is 1.71 bits per heavy atom. The van der Waals surface area contributed by atoms with E-state index >= 15 is 0 Å². The van der Waals surface area contributed by atoms with Crippen LogP contribution in [0.1, 0.15) is 5.56 Å². The summed E-state index contributed by atoms with van der Waals surface area (Å²) < 4.78 is 27.5. The number of fused-ring (bicyclic) bond motifs is 1. The average Bonchev–Trinajstić information content (AvgIpc) is 3.08. The summed E-state index contributed by atoms with van der Waals surface area (Å²) in [5, 5.41) is 19.3. The van der Waals surface area contributed by atoms with Gasteiger partial charge in [0.05, 0.1) is 15.4 Å². The molecule has 0 aliphatic rings. The first-order valence-electron chi connectivity index (χ1n) is 9.37. The van der Waals surface area contributed by atoms with Gasteiger partial charge in [0.25, 0.3) is 0 Å². The molecule has 0 saturated heterocycles. The number of benzene rings is 3. The van der Waals surface area contributed by atoms with E-state index in [0.717, 1.165) is 5.56 Å². The van der Waals surface area contributed by atoms with Crippen molar-refractivity contribution in [3.8, 4) is 5.88 Å². The number of azo groups is 1. The van der Waals surface area contributed by atoms with Crippen molar-refractivity contribution in [3.63, 3.8) is 0 Å². The molecule has 0 aliphatic carbocycles. The molecule has 9 heteroatoms. The predicted octanol–water partition coefficient (Wildman–Crippen LogP) is 5.76. The third-order valence-electron chi connectivity index (χ3n) is 4.79. The number of rotatable bonds is 6. The molecule has 7 nitrogen and oxygen atoms in total. The van der Waals surface area contributed by atoms with Gasteiger partial charge < -0.3 is 10.1 Å². The first-order chi connectivity index (χ1) is 14.9. The second kappa shape index (κ2) is 8.50. The van der Waals surface area contributed by atoms with Crippen LogP contribution in [0.25, 0.3) is 10.9 Å². The summed E-state index contributed by atoms with van der Waals surface area (Å²) >= 11 is 6.10. The van der Waals surface area contributed by atoms with Gasteiger partial charge in [0.1, 0.15) is 5.69 Å². The van der Waals surface area contributed by atoms with Gasteiger partial charge in [-0.2, -0.15) is 4.31 Å². The van der Waals surface area contributed by atoms with Crippen LogP contribution in [-0.2, 0) is 16.6 Å². The maximum atomic E-state index is 13.1. The van der Waals surface area contributed by atoms with Crippen LogP contribution in [0, 0.1) is 0 Å². The first kappa shape index (κ1) is 21.0. The lowest BCUT2D eigenvalue weighted by Crippen LogP contribution is -2.26. The van der Waals surface area contributed by atoms with Crippen molar-refractivity contribution in [3.05, 3.63) is 83.4 Å². The first-order valence-corrected chi connectivity index (χ1v) is 11.2. The topological polar surface area (TPSA) is 98.1 Å². The van der Waals surface area contributed by atoms with Crippen molar-refractivity contribution in [2.24, 2.45) is 10.2 Å². The van der Waals surface area contributed by atoms with Crippen molar-refractivity contribution in [1.29, 1.82) is 0 Å². The molecular formula is C22H19ClN4O3S. The molecule has 3 aromatic carbocycles. The van der Waals surface area contributed by atoms with E-state index in [1.807, 2.05) is 30.3 Å². The molecule has 1 heterocycles. The fourth-order valence-corrected chi connectivity index (χ4v) is 4.51. The molecule has 0 unspecified atom stereocenters. The fraction of sp³-hybridized carbons (Fsp3) is 0.0909. The van der Waals surface area contributed by atoms with Crippen molar-refractivity contribution >= 4 is 43.9 Å².